The zero-order valence-electron chi connectivity index (χ0n) is 21.5. The van der Waals surface area contributed by atoms with Crippen molar-refractivity contribution < 1.29 is 19.1 Å². The Balaban J connectivity index is 1.71. The van der Waals surface area contributed by atoms with Gasteiger partial charge >= 0.3 is 6.03 Å². The van der Waals surface area contributed by atoms with Gasteiger partial charge in [0.05, 0.1) is 52.1 Å². The summed E-state index contributed by atoms with van der Waals surface area (Å²) in [6, 6.07) is 8.59. The van der Waals surface area contributed by atoms with E-state index in [4.69, 9.17) is 11.0 Å². The van der Waals surface area contributed by atoms with Crippen LogP contribution in [0.25, 0.3) is 16.9 Å². The predicted octanol–water partition coefficient (Wildman–Crippen LogP) is 1.99. The molecule has 38 heavy (non-hydrogen) atoms. The van der Waals surface area contributed by atoms with Gasteiger partial charge in [-0.2, -0.15) is 10.4 Å². The Kier molecular flexibility index (Phi) is 7.50. The molecule has 0 bridgehead atoms. The Labute approximate surface area is 219 Å². The predicted molar refractivity (Wildman–Crippen MR) is 139 cm³/mol. The van der Waals surface area contributed by atoms with E-state index in [1.165, 1.54) is 33.3 Å². The third kappa shape index (κ3) is 5.52. The molecule has 0 radical (unpaired) electrons. The van der Waals surface area contributed by atoms with Gasteiger partial charge in [-0.25, -0.2) is 13.7 Å². The second kappa shape index (κ2) is 10.6. The molecule has 3 aromatic heterocycles. The lowest BCUT2D eigenvalue weighted by Gasteiger charge is -2.46. The Morgan fingerprint density at radius 3 is 2.71 bits per heavy atom. The van der Waals surface area contributed by atoms with Crippen molar-refractivity contribution in [2.75, 3.05) is 25.0 Å². The van der Waals surface area contributed by atoms with E-state index in [1.807, 2.05) is 0 Å². The fourth-order valence-electron chi connectivity index (χ4n) is 4.55. The smallest absolute Gasteiger partial charge is 0.314 e. The third-order valence-corrected chi connectivity index (χ3v) is 6.90. The lowest BCUT2D eigenvalue weighted by molar-refractivity contribution is -0.00133. The quantitative estimate of drug-likeness (QED) is 0.334. The molecule has 1 aliphatic rings. The standard InChI is InChI=1S/C26H31FN8O3/c1-26(2,38)23(27)14-34(18-6-15(7-18)11-32-25(37)30-3)22-9-20(31-13-19(22)24(29)36)21-5-4-17-8-16(10-28)12-33-35(17)21/h4-5,8-9,12-13,15,18,23,38H,6-7,11,14H2,1-3H3,(H2,29,36)(H2,30,32,37)/t15?,18?,23-/m1/s1. The first-order valence-corrected chi connectivity index (χ1v) is 12.3. The first kappa shape index (κ1) is 26.8. The second-order valence-corrected chi connectivity index (χ2v) is 10.1. The van der Waals surface area contributed by atoms with Crippen LogP contribution in [0.5, 0.6) is 0 Å². The largest absolute Gasteiger partial charge is 0.387 e. The van der Waals surface area contributed by atoms with Crippen LogP contribution in [0.15, 0.2) is 36.7 Å². The summed E-state index contributed by atoms with van der Waals surface area (Å²) in [6.07, 6.45) is 2.47. The topological polar surface area (TPSA) is 162 Å². The van der Waals surface area contributed by atoms with E-state index in [1.54, 1.807) is 33.7 Å². The fourth-order valence-corrected chi connectivity index (χ4v) is 4.55. The highest BCUT2D eigenvalue weighted by Gasteiger charge is 2.39. The molecule has 3 heterocycles. The van der Waals surface area contributed by atoms with E-state index in [2.05, 4.69) is 26.8 Å². The molecule has 11 nitrogen and oxygen atoms in total. The monoisotopic (exact) mass is 522 g/mol. The van der Waals surface area contributed by atoms with Crippen molar-refractivity contribution in [3.8, 4) is 17.5 Å². The molecule has 1 aliphatic carbocycles. The number of carbonyl (C=O) groups excluding carboxylic acids is 2. The molecule has 1 saturated carbocycles. The van der Waals surface area contributed by atoms with Gasteiger partial charge in [-0.1, -0.05) is 0 Å². The zero-order chi connectivity index (χ0) is 27.6. The van der Waals surface area contributed by atoms with Gasteiger partial charge in [-0.15, -0.1) is 0 Å². The maximum Gasteiger partial charge on any atom is 0.314 e. The molecule has 0 aromatic carbocycles. The summed E-state index contributed by atoms with van der Waals surface area (Å²) in [4.78, 5) is 30.2. The van der Waals surface area contributed by atoms with Crippen molar-refractivity contribution in [3.05, 3.63) is 47.8 Å². The summed E-state index contributed by atoms with van der Waals surface area (Å²) in [5.74, 6) is -0.539. The molecule has 0 unspecified atom stereocenters. The molecule has 3 aromatic rings. The number of nitrogens with two attached hydrogens (primary N) is 1. The average Bonchev–Trinajstić information content (AvgIpc) is 3.28. The number of nitrogens with one attached hydrogen (secondary N) is 2. The summed E-state index contributed by atoms with van der Waals surface area (Å²) in [7, 11) is 1.54. The molecule has 1 atom stereocenters. The lowest BCUT2D eigenvalue weighted by Crippen LogP contribution is -2.53. The van der Waals surface area contributed by atoms with Crippen LogP contribution in [0.1, 0.15) is 42.6 Å². The number of carbonyl (C=O) groups is 2. The van der Waals surface area contributed by atoms with Gasteiger partial charge in [0.25, 0.3) is 5.91 Å². The molecular weight excluding hydrogens is 491 g/mol. The number of primary amides is 1. The van der Waals surface area contributed by atoms with Gasteiger partial charge in [0.15, 0.2) is 0 Å². The average molecular weight is 523 g/mol. The number of fused-ring (bicyclic) bond motifs is 1. The number of alkyl halides is 1. The number of hydrogen-bond acceptors (Lipinski definition) is 7. The second-order valence-electron chi connectivity index (χ2n) is 10.1. The van der Waals surface area contributed by atoms with E-state index in [-0.39, 0.29) is 30.1 Å². The van der Waals surface area contributed by atoms with Gasteiger partial charge in [0, 0.05) is 25.8 Å². The van der Waals surface area contributed by atoms with Gasteiger partial charge in [-0.3, -0.25) is 9.78 Å². The van der Waals surface area contributed by atoms with Crippen LogP contribution in [0, 0.1) is 17.2 Å². The number of aliphatic hydroxyl groups is 1. The van der Waals surface area contributed by atoms with Crippen LogP contribution in [0.2, 0.25) is 0 Å². The maximum atomic E-state index is 15.2. The molecule has 12 heteroatoms. The highest BCUT2D eigenvalue weighted by Crippen LogP contribution is 2.38. The molecule has 0 saturated heterocycles. The van der Waals surface area contributed by atoms with Crippen LogP contribution in [0.4, 0.5) is 14.9 Å². The molecule has 0 aliphatic heterocycles. The highest BCUT2D eigenvalue weighted by atomic mass is 19.1. The number of aromatic nitrogens is 3. The minimum absolute atomic E-state index is 0.129. The minimum Gasteiger partial charge on any atom is -0.387 e. The van der Waals surface area contributed by atoms with Crippen molar-refractivity contribution >= 4 is 23.1 Å². The summed E-state index contributed by atoms with van der Waals surface area (Å²) < 4.78 is 16.8. The molecule has 5 N–H and O–H groups in total. The summed E-state index contributed by atoms with van der Waals surface area (Å²) in [5, 5.41) is 29.1. The van der Waals surface area contributed by atoms with Crippen LogP contribution in [0.3, 0.4) is 0 Å². The van der Waals surface area contributed by atoms with Crippen molar-refractivity contribution in [3.63, 3.8) is 0 Å². The number of nitrogens with zero attached hydrogens (tertiary/aromatic N) is 5. The third-order valence-electron chi connectivity index (χ3n) is 6.90. The molecule has 4 rings (SSSR count). The molecule has 200 valence electrons. The van der Waals surface area contributed by atoms with Crippen molar-refractivity contribution in [1.82, 2.24) is 25.2 Å². The Morgan fingerprint density at radius 2 is 2.08 bits per heavy atom. The number of halogens is 1. The van der Waals surface area contributed by atoms with Crippen molar-refractivity contribution in [1.29, 1.82) is 5.26 Å². The first-order chi connectivity index (χ1) is 18.0. The first-order valence-electron chi connectivity index (χ1n) is 12.3. The number of amides is 3. The number of hydrogen-bond donors (Lipinski definition) is 4. The normalized spacial score (nSPS) is 17.8. The zero-order valence-corrected chi connectivity index (χ0v) is 21.5. The Bertz CT molecular complexity index is 1390. The van der Waals surface area contributed by atoms with Crippen LogP contribution < -0.4 is 21.3 Å². The van der Waals surface area contributed by atoms with E-state index in [0.717, 1.165) is 0 Å². The fraction of sp³-hybridized carbons (Fsp3) is 0.423. The van der Waals surface area contributed by atoms with Gasteiger partial charge < -0.3 is 26.4 Å². The molecule has 0 spiro atoms. The number of urea groups is 1. The SMILES string of the molecule is CNC(=O)NCC1CC(N(C[C@@H](F)C(C)(C)O)c2cc(-c3ccc4cc(C#N)cnn34)ncc2C(N)=O)C1. The van der Waals surface area contributed by atoms with Crippen molar-refractivity contribution in [2.24, 2.45) is 11.7 Å². The van der Waals surface area contributed by atoms with Crippen molar-refractivity contribution in [2.45, 2.75) is 44.5 Å². The maximum absolute atomic E-state index is 15.2. The van der Waals surface area contributed by atoms with E-state index >= 15 is 4.39 Å². The Hall–Kier alpha value is -4.24. The molecule has 3 amide bonds. The van der Waals surface area contributed by atoms with Crippen LogP contribution in [-0.2, 0) is 0 Å². The number of pyridine rings is 1. The Morgan fingerprint density at radius 1 is 1.34 bits per heavy atom. The van der Waals surface area contributed by atoms with Gasteiger partial charge in [0.1, 0.15) is 12.2 Å². The van der Waals surface area contributed by atoms with E-state index in [9.17, 15) is 14.7 Å². The lowest BCUT2D eigenvalue weighted by atomic mass is 9.78. The summed E-state index contributed by atoms with van der Waals surface area (Å²) >= 11 is 0. The van der Waals surface area contributed by atoms with E-state index < -0.39 is 17.7 Å². The highest BCUT2D eigenvalue weighted by molar-refractivity contribution is 5.99. The van der Waals surface area contributed by atoms with Gasteiger partial charge in [0.2, 0.25) is 0 Å². The van der Waals surface area contributed by atoms with Gasteiger partial charge in [-0.05, 0) is 56.9 Å². The molecule has 1 fully saturated rings. The number of nitriles is 1. The van der Waals surface area contributed by atoms with Crippen LogP contribution in [-0.4, -0.2) is 69.6 Å². The van der Waals surface area contributed by atoms with Crippen LogP contribution >= 0.6 is 0 Å². The number of anilines is 1. The summed E-state index contributed by atoms with van der Waals surface area (Å²) in [6.45, 7) is 3.08. The molecular formula is C26H31FN8O3. The van der Waals surface area contributed by atoms with E-state index in [0.29, 0.717) is 47.5 Å². The number of rotatable bonds is 9. The summed E-state index contributed by atoms with van der Waals surface area (Å²) in [5.41, 5.74) is 6.81. The minimum atomic E-state index is -1.62.